The fourth-order valence-electron chi connectivity index (χ4n) is 1.83. The Morgan fingerprint density at radius 3 is 2.63 bits per heavy atom. The van der Waals surface area contributed by atoms with E-state index in [4.69, 9.17) is 0 Å². The van der Waals surface area contributed by atoms with E-state index >= 15 is 0 Å². The van der Waals surface area contributed by atoms with E-state index in [2.05, 4.69) is 22.4 Å². The summed E-state index contributed by atoms with van der Waals surface area (Å²) in [6.45, 7) is 0.558. The Hall–Kier alpha value is -2.36. The molecule has 2 aromatic rings. The third kappa shape index (κ3) is 3.81. The van der Waals surface area contributed by atoms with Gasteiger partial charge in [0.05, 0.1) is 0 Å². The number of pyridine rings is 1. The molecule has 4 nitrogen and oxygen atoms in total. The molecule has 0 atom stereocenters. The molecule has 0 saturated carbocycles. The van der Waals surface area contributed by atoms with Crippen LogP contribution in [0.5, 0.6) is 0 Å². The first-order valence-electron chi connectivity index (χ1n) is 6.27. The fraction of sp³-hybridized carbons (Fsp3) is 0.200. The minimum atomic E-state index is -0.358. The number of rotatable bonds is 5. The van der Waals surface area contributed by atoms with Gasteiger partial charge in [0, 0.05) is 12.7 Å². The van der Waals surface area contributed by atoms with Crippen LogP contribution in [0.25, 0.3) is 0 Å². The van der Waals surface area contributed by atoms with Crippen molar-refractivity contribution in [3.63, 3.8) is 0 Å². The van der Waals surface area contributed by atoms with Crippen molar-refractivity contribution < 1.29 is 4.79 Å². The van der Waals surface area contributed by atoms with Crippen molar-refractivity contribution in [2.75, 3.05) is 6.54 Å². The zero-order chi connectivity index (χ0) is 13.5. The monoisotopic (exact) mass is 256 g/mol. The first-order chi connectivity index (χ1) is 9.27. The molecule has 2 N–H and O–H groups in total. The molecule has 0 aliphatic heterocycles. The second-order valence-corrected chi connectivity index (χ2v) is 4.26. The molecule has 4 heteroatoms. The fourth-order valence-corrected chi connectivity index (χ4v) is 1.83. The number of aromatic nitrogens is 1. The quantitative estimate of drug-likeness (QED) is 0.800. The van der Waals surface area contributed by atoms with Crippen LogP contribution < -0.4 is 10.9 Å². The van der Waals surface area contributed by atoms with Crippen molar-refractivity contribution >= 4 is 5.91 Å². The van der Waals surface area contributed by atoms with E-state index in [0.29, 0.717) is 6.54 Å². The Labute approximate surface area is 111 Å². The Kier molecular flexibility index (Phi) is 4.50. The third-order valence-corrected chi connectivity index (χ3v) is 2.83. The van der Waals surface area contributed by atoms with Gasteiger partial charge in [0.2, 0.25) is 0 Å². The van der Waals surface area contributed by atoms with Crippen LogP contribution in [0.4, 0.5) is 0 Å². The lowest BCUT2D eigenvalue weighted by atomic mass is 10.1. The highest BCUT2D eigenvalue weighted by atomic mass is 16.2. The minimum absolute atomic E-state index is 0.155. The Morgan fingerprint density at radius 1 is 1.11 bits per heavy atom. The molecule has 0 radical (unpaired) electrons. The molecule has 0 saturated heterocycles. The summed E-state index contributed by atoms with van der Waals surface area (Å²) >= 11 is 0. The smallest absolute Gasteiger partial charge is 0.260 e. The van der Waals surface area contributed by atoms with Crippen molar-refractivity contribution in [1.82, 2.24) is 10.3 Å². The number of carbonyl (C=O) groups is 1. The van der Waals surface area contributed by atoms with Crippen LogP contribution in [-0.4, -0.2) is 17.4 Å². The maximum atomic E-state index is 11.7. The van der Waals surface area contributed by atoms with Crippen LogP contribution in [0.2, 0.25) is 0 Å². The normalized spacial score (nSPS) is 10.1. The number of carbonyl (C=O) groups excluding carboxylic acids is 1. The molecule has 98 valence electrons. The molecular formula is C15H16N2O2. The summed E-state index contributed by atoms with van der Waals surface area (Å²) in [5.74, 6) is -0.324. The van der Waals surface area contributed by atoms with Gasteiger partial charge in [0.25, 0.3) is 11.5 Å². The van der Waals surface area contributed by atoms with Crippen LogP contribution >= 0.6 is 0 Å². The van der Waals surface area contributed by atoms with E-state index in [1.54, 1.807) is 6.07 Å². The second-order valence-electron chi connectivity index (χ2n) is 4.26. The van der Waals surface area contributed by atoms with Gasteiger partial charge in [-0.25, -0.2) is 0 Å². The zero-order valence-corrected chi connectivity index (χ0v) is 10.6. The van der Waals surface area contributed by atoms with Gasteiger partial charge in [-0.15, -0.1) is 0 Å². The lowest BCUT2D eigenvalue weighted by Crippen LogP contribution is -2.30. The summed E-state index contributed by atoms with van der Waals surface area (Å²) in [4.78, 5) is 25.6. The zero-order valence-electron chi connectivity index (χ0n) is 10.6. The standard InChI is InChI=1S/C15H16N2O2/c18-14(13-9-5-11-17-15(13)19)16-10-4-8-12-6-2-1-3-7-12/h1-3,5-7,9,11H,4,8,10H2,(H,16,18)(H,17,19). The maximum absolute atomic E-state index is 11.7. The number of nitrogens with one attached hydrogen (secondary N) is 2. The predicted molar refractivity (Wildman–Crippen MR) is 74.2 cm³/mol. The van der Waals surface area contributed by atoms with E-state index in [-0.39, 0.29) is 17.0 Å². The molecule has 0 bridgehead atoms. The van der Waals surface area contributed by atoms with Gasteiger partial charge in [-0.05, 0) is 30.5 Å². The molecule has 0 unspecified atom stereocenters. The summed E-state index contributed by atoms with van der Waals surface area (Å²) in [6.07, 6.45) is 3.27. The molecule has 1 aromatic heterocycles. The molecule has 2 rings (SSSR count). The molecule has 1 aromatic carbocycles. The van der Waals surface area contributed by atoms with Crippen LogP contribution in [0.3, 0.4) is 0 Å². The van der Waals surface area contributed by atoms with E-state index in [1.807, 2.05) is 18.2 Å². The number of aryl methyl sites for hydroxylation is 1. The van der Waals surface area contributed by atoms with Crippen LogP contribution in [0, 0.1) is 0 Å². The van der Waals surface area contributed by atoms with Crippen LogP contribution in [0.15, 0.2) is 53.5 Å². The number of amides is 1. The highest BCUT2D eigenvalue weighted by Gasteiger charge is 2.08. The van der Waals surface area contributed by atoms with Crippen molar-refractivity contribution in [1.29, 1.82) is 0 Å². The van der Waals surface area contributed by atoms with E-state index in [9.17, 15) is 9.59 Å². The summed E-state index contributed by atoms with van der Waals surface area (Å²) in [7, 11) is 0. The second kappa shape index (κ2) is 6.54. The number of hydrogen-bond acceptors (Lipinski definition) is 2. The van der Waals surface area contributed by atoms with E-state index in [0.717, 1.165) is 12.8 Å². The van der Waals surface area contributed by atoms with Crippen molar-refractivity contribution in [3.05, 3.63) is 70.1 Å². The van der Waals surface area contributed by atoms with Crippen molar-refractivity contribution in [2.24, 2.45) is 0 Å². The highest BCUT2D eigenvalue weighted by Crippen LogP contribution is 2.01. The topological polar surface area (TPSA) is 62.0 Å². The largest absolute Gasteiger partial charge is 0.352 e. The first kappa shape index (κ1) is 13.1. The Balaban J connectivity index is 1.79. The van der Waals surface area contributed by atoms with E-state index in [1.165, 1.54) is 17.8 Å². The third-order valence-electron chi connectivity index (χ3n) is 2.83. The Morgan fingerprint density at radius 2 is 1.89 bits per heavy atom. The van der Waals surface area contributed by atoms with Crippen molar-refractivity contribution in [3.8, 4) is 0 Å². The van der Waals surface area contributed by atoms with Gasteiger partial charge in [0.15, 0.2) is 0 Å². The van der Waals surface area contributed by atoms with Gasteiger partial charge >= 0.3 is 0 Å². The van der Waals surface area contributed by atoms with Crippen molar-refractivity contribution in [2.45, 2.75) is 12.8 Å². The summed E-state index contributed by atoms with van der Waals surface area (Å²) in [5, 5.41) is 2.75. The molecule has 1 amide bonds. The van der Waals surface area contributed by atoms with E-state index < -0.39 is 0 Å². The predicted octanol–water partition coefficient (Wildman–Crippen LogP) is 1.74. The molecule has 0 spiro atoms. The molecule has 0 aliphatic rings. The average Bonchev–Trinajstić information content (AvgIpc) is 2.45. The van der Waals surface area contributed by atoms with Crippen LogP contribution in [-0.2, 0) is 6.42 Å². The summed E-state index contributed by atoms with van der Waals surface area (Å²) in [6, 6.07) is 13.3. The summed E-state index contributed by atoms with van der Waals surface area (Å²) in [5.41, 5.74) is 1.04. The average molecular weight is 256 g/mol. The molecule has 0 fully saturated rings. The molecule has 19 heavy (non-hydrogen) atoms. The Bertz CT molecular complexity index is 590. The SMILES string of the molecule is O=C(NCCCc1ccccc1)c1ccc[nH]c1=O. The first-order valence-corrected chi connectivity index (χ1v) is 6.27. The lowest BCUT2D eigenvalue weighted by Gasteiger charge is -2.04. The van der Waals surface area contributed by atoms with Crippen LogP contribution in [0.1, 0.15) is 22.3 Å². The van der Waals surface area contributed by atoms with Gasteiger partial charge in [0.1, 0.15) is 5.56 Å². The number of H-pyrrole nitrogens is 1. The van der Waals surface area contributed by atoms with Gasteiger partial charge in [-0.3, -0.25) is 9.59 Å². The maximum Gasteiger partial charge on any atom is 0.260 e. The number of hydrogen-bond donors (Lipinski definition) is 2. The van der Waals surface area contributed by atoms with Gasteiger partial charge in [-0.1, -0.05) is 30.3 Å². The molecule has 1 heterocycles. The molecule has 0 aliphatic carbocycles. The summed E-state index contributed by atoms with van der Waals surface area (Å²) < 4.78 is 0. The lowest BCUT2D eigenvalue weighted by molar-refractivity contribution is 0.0951. The highest BCUT2D eigenvalue weighted by molar-refractivity contribution is 5.93. The number of benzene rings is 1. The van der Waals surface area contributed by atoms with Gasteiger partial charge in [-0.2, -0.15) is 0 Å². The minimum Gasteiger partial charge on any atom is -0.352 e. The molecular weight excluding hydrogens is 240 g/mol. The van der Waals surface area contributed by atoms with Gasteiger partial charge < -0.3 is 10.3 Å². The number of aromatic amines is 1.